The van der Waals surface area contributed by atoms with E-state index in [2.05, 4.69) is 15.5 Å². The van der Waals surface area contributed by atoms with Crippen LogP contribution in [0.5, 0.6) is 0 Å². The van der Waals surface area contributed by atoms with Crippen molar-refractivity contribution in [3.05, 3.63) is 47.1 Å². The van der Waals surface area contributed by atoms with Gasteiger partial charge in [0, 0.05) is 28.6 Å². The third kappa shape index (κ3) is 6.88. The number of fused-ring (bicyclic) bond motifs is 1. The first kappa shape index (κ1) is 31.4. The van der Waals surface area contributed by atoms with E-state index < -0.39 is 35.3 Å². The molecule has 0 radical (unpaired) electrons. The molecule has 3 aliphatic rings. The molecule has 2 aromatic rings. The number of thioether (sulfide) groups is 1. The molecule has 4 heterocycles. The van der Waals surface area contributed by atoms with E-state index in [1.54, 1.807) is 17.0 Å². The van der Waals surface area contributed by atoms with E-state index in [0.29, 0.717) is 4.88 Å². The summed E-state index contributed by atoms with van der Waals surface area (Å²) in [6, 6.07) is 1.96. The van der Waals surface area contributed by atoms with Gasteiger partial charge in [0.25, 0.3) is 11.8 Å². The second kappa shape index (κ2) is 12.9. The maximum absolute atomic E-state index is 13.3. The van der Waals surface area contributed by atoms with Crippen molar-refractivity contribution in [1.82, 2.24) is 15.2 Å². The van der Waals surface area contributed by atoms with Crippen LogP contribution in [0.1, 0.15) is 51.3 Å². The number of nitrogens with two attached hydrogens (primary N) is 1. The van der Waals surface area contributed by atoms with Crippen LogP contribution >= 0.6 is 23.1 Å². The number of hydrogen-bond donors (Lipinski definition) is 3. The van der Waals surface area contributed by atoms with Gasteiger partial charge in [-0.25, -0.2) is 9.78 Å². The number of anilines is 1. The van der Waals surface area contributed by atoms with E-state index in [1.807, 2.05) is 32.9 Å². The monoisotopic (exact) mass is 643 g/mol. The highest BCUT2D eigenvalue weighted by molar-refractivity contribution is 7.99. The number of carboxylic acids is 1. The van der Waals surface area contributed by atoms with Crippen molar-refractivity contribution in [3.8, 4) is 0 Å². The van der Waals surface area contributed by atoms with Crippen LogP contribution in [0.25, 0.3) is 0 Å². The molecule has 0 spiro atoms. The predicted octanol–water partition coefficient (Wildman–Crippen LogP) is 2.11. The fourth-order valence-corrected chi connectivity index (χ4v) is 6.49. The quantitative estimate of drug-likeness (QED) is 0.108. The smallest absolute Gasteiger partial charge is 0.356 e. The van der Waals surface area contributed by atoms with Crippen molar-refractivity contribution in [2.45, 2.75) is 76.1 Å². The van der Waals surface area contributed by atoms with Gasteiger partial charge < -0.3 is 25.7 Å². The van der Waals surface area contributed by atoms with Crippen molar-refractivity contribution < 1.29 is 38.4 Å². The molecule has 0 bridgehead atoms. The van der Waals surface area contributed by atoms with Crippen LogP contribution in [0.15, 0.2) is 52.2 Å². The van der Waals surface area contributed by atoms with Crippen LogP contribution in [-0.4, -0.2) is 74.8 Å². The lowest BCUT2D eigenvalue weighted by atomic mass is 9.91. The third-order valence-electron chi connectivity index (χ3n) is 7.60. The minimum absolute atomic E-state index is 0.00558. The molecule has 2 fully saturated rings. The minimum atomic E-state index is -1.30. The number of carbonyl (C=O) groups excluding carboxylic acids is 3. The van der Waals surface area contributed by atoms with E-state index in [4.69, 9.17) is 15.3 Å². The number of aromatic nitrogens is 2. The van der Waals surface area contributed by atoms with Gasteiger partial charge >= 0.3 is 5.97 Å². The molecular weight excluding hydrogens is 608 g/mol. The van der Waals surface area contributed by atoms with E-state index in [9.17, 15) is 24.3 Å². The number of rotatable bonds is 11. The van der Waals surface area contributed by atoms with Crippen molar-refractivity contribution in [3.63, 3.8) is 0 Å². The number of pyridine rings is 1. The number of thiazole rings is 1. The topological polar surface area (TPSA) is 177 Å². The molecule has 1 saturated heterocycles. The van der Waals surface area contributed by atoms with E-state index in [0.717, 1.165) is 41.9 Å². The maximum Gasteiger partial charge on any atom is 0.356 e. The van der Waals surface area contributed by atoms with E-state index >= 15 is 0 Å². The number of ether oxygens (including phenoxy) is 1. The van der Waals surface area contributed by atoms with Crippen molar-refractivity contribution in [2.75, 3.05) is 18.1 Å². The summed E-state index contributed by atoms with van der Waals surface area (Å²) < 4.78 is 7.64. The van der Waals surface area contributed by atoms with Gasteiger partial charge in [0.05, 0.1) is 10.6 Å². The zero-order chi connectivity index (χ0) is 31.6. The average Bonchev–Trinajstić information content (AvgIpc) is 3.66. The third-order valence-corrected chi connectivity index (χ3v) is 9.45. The summed E-state index contributed by atoms with van der Waals surface area (Å²) in [4.78, 5) is 63.1. The molecular formula is C29H35N6O7S2+. The standard InChI is InChI=1S/C29H34N6O7S2/c1-29(2,3)21(36)13-34-10-8-17(9-11-34)43-15-19-24(27(39)40)35-18(14-41-19)22(26(35)38)32-25(37)23(20-12-31-28(30)44-20)33-42-16-6-4-5-7-16/h8-12,16,18,22H,4-7,13-15H2,1-3H3,(H3-,30,31,32,33,37,39,40)/p+1/t18-,22+/m1/s1. The van der Waals surface area contributed by atoms with Crippen LogP contribution in [0.3, 0.4) is 0 Å². The van der Waals surface area contributed by atoms with Gasteiger partial charge in [-0.2, -0.15) is 4.57 Å². The number of hydrogen-bond acceptors (Lipinski definition) is 11. The molecule has 0 unspecified atom stereocenters. The zero-order valence-electron chi connectivity index (χ0n) is 24.6. The van der Waals surface area contributed by atoms with Crippen molar-refractivity contribution in [1.29, 1.82) is 0 Å². The first-order chi connectivity index (χ1) is 20.9. The Kier molecular flexibility index (Phi) is 9.25. The second-order valence-electron chi connectivity index (χ2n) is 11.8. The summed E-state index contributed by atoms with van der Waals surface area (Å²) in [5, 5.41) is 17.0. The fraction of sp³-hybridized carbons (Fsp3) is 0.483. The van der Waals surface area contributed by atoms with Crippen LogP contribution in [0.4, 0.5) is 5.13 Å². The van der Waals surface area contributed by atoms with Crippen LogP contribution in [0, 0.1) is 5.41 Å². The molecule has 44 heavy (non-hydrogen) atoms. The molecule has 2 atom stereocenters. The number of nitrogen functional groups attached to an aromatic ring is 1. The van der Waals surface area contributed by atoms with Crippen LogP contribution < -0.4 is 15.6 Å². The summed E-state index contributed by atoms with van der Waals surface area (Å²) in [7, 11) is 0. The normalized spacial score (nSPS) is 20.6. The lowest BCUT2D eigenvalue weighted by Gasteiger charge is -2.49. The lowest BCUT2D eigenvalue weighted by molar-refractivity contribution is -0.685. The zero-order valence-corrected chi connectivity index (χ0v) is 26.3. The molecule has 2 amide bonds. The van der Waals surface area contributed by atoms with Crippen molar-refractivity contribution in [2.24, 2.45) is 10.6 Å². The van der Waals surface area contributed by atoms with Gasteiger partial charge in [-0.3, -0.25) is 19.3 Å². The number of ketones is 1. The molecule has 2 aliphatic heterocycles. The van der Waals surface area contributed by atoms with Gasteiger partial charge in [-0.1, -0.05) is 37.3 Å². The molecule has 2 aromatic heterocycles. The molecule has 1 aliphatic carbocycles. The maximum atomic E-state index is 13.3. The summed E-state index contributed by atoms with van der Waals surface area (Å²) >= 11 is 2.41. The average molecular weight is 644 g/mol. The number of aliphatic carboxylic acids is 1. The number of carboxylic acid groups (broad SMARTS) is 1. The highest BCUT2D eigenvalue weighted by atomic mass is 32.2. The molecule has 4 N–H and O–H groups in total. The number of amides is 2. The van der Waals surface area contributed by atoms with E-state index in [1.165, 1.54) is 22.9 Å². The Morgan fingerprint density at radius 2 is 1.98 bits per heavy atom. The Morgan fingerprint density at radius 3 is 2.59 bits per heavy atom. The van der Waals surface area contributed by atoms with Crippen molar-refractivity contribution >= 4 is 57.5 Å². The van der Waals surface area contributed by atoms with Crippen LogP contribution in [-0.2, 0) is 35.3 Å². The molecule has 0 aromatic carbocycles. The lowest BCUT2D eigenvalue weighted by Crippen LogP contribution is -2.73. The first-order valence-corrected chi connectivity index (χ1v) is 16.1. The molecule has 1 saturated carbocycles. The summed E-state index contributed by atoms with van der Waals surface area (Å²) in [5.41, 5.74) is 5.02. The molecule has 15 heteroatoms. The Morgan fingerprint density at radius 1 is 1.27 bits per heavy atom. The largest absolute Gasteiger partial charge is 0.492 e. The number of nitrogens with zero attached hydrogens (tertiary/aromatic N) is 4. The van der Waals surface area contributed by atoms with Gasteiger partial charge in [0.1, 0.15) is 30.6 Å². The van der Waals surface area contributed by atoms with Gasteiger partial charge in [0.2, 0.25) is 12.3 Å². The summed E-state index contributed by atoms with van der Waals surface area (Å²) in [5.74, 6) is -2.09. The highest BCUT2D eigenvalue weighted by Gasteiger charge is 2.55. The Labute approximate surface area is 262 Å². The number of oxime groups is 1. The molecule has 234 valence electrons. The molecule has 13 nitrogen and oxygen atoms in total. The summed E-state index contributed by atoms with van der Waals surface area (Å²) in [6.07, 6.45) is 8.63. The predicted molar refractivity (Wildman–Crippen MR) is 161 cm³/mol. The Hall–Kier alpha value is -3.98. The van der Waals surface area contributed by atoms with Gasteiger partial charge in [0.15, 0.2) is 28.9 Å². The highest BCUT2D eigenvalue weighted by Crippen LogP contribution is 2.35. The minimum Gasteiger partial charge on any atom is -0.492 e. The number of carbonyl (C=O) groups is 4. The number of nitrogens with one attached hydrogen (secondary N) is 1. The van der Waals surface area contributed by atoms with Crippen LogP contribution in [0.2, 0.25) is 0 Å². The van der Waals surface area contributed by atoms with Gasteiger partial charge in [-0.05, 0) is 25.7 Å². The Balaban J connectivity index is 1.24. The Bertz CT molecular complexity index is 1510. The number of β-lactam (4-membered cyclic amide) rings is 1. The SMILES string of the molecule is CC(C)(C)C(=O)C[n+]1ccc(SCC2=C(C(=O)O)N3C(=O)[C@@H](NC(=O)C(=NOC4CCCC4)c4cnc(N)s4)[C@H]3CO2)cc1. The first-order valence-electron chi connectivity index (χ1n) is 14.3. The van der Waals surface area contributed by atoms with Gasteiger partial charge in [-0.15, -0.1) is 11.8 Å². The second-order valence-corrected chi connectivity index (χ2v) is 13.9. The number of Topliss-reactive ketones (excluding diaryl/α,β-unsaturated/α-hetero) is 1. The fourth-order valence-electron chi connectivity index (χ4n) is 4.99. The summed E-state index contributed by atoms with van der Waals surface area (Å²) in [6.45, 7) is 5.88. The van der Waals surface area contributed by atoms with E-state index in [-0.39, 0.29) is 53.1 Å². The molecule has 5 rings (SSSR count).